The van der Waals surface area contributed by atoms with Crippen molar-refractivity contribution in [1.29, 1.82) is 0 Å². The lowest BCUT2D eigenvalue weighted by Gasteiger charge is -2.19. The Kier molecular flexibility index (Phi) is 6.16. The van der Waals surface area contributed by atoms with Crippen molar-refractivity contribution in [2.75, 3.05) is 5.32 Å². The SMILES string of the molecule is CC(C)(C)c1ccc(CCC(=O)Nc2ccc(CN3C(=O)CCC3=O)cc2)cc1. The molecule has 1 aliphatic heterocycles. The van der Waals surface area contributed by atoms with Gasteiger partial charge in [0.2, 0.25) is 17.7 Å². The minimum Gasteiger partial charge on any atom is -0.326 e. The largest absolute Gasteiger partial charge is 0.326 e. The van der Waals surface area contributed by atoms with Crippen LogP contribution < -0.4 is 5.32 Å². The monoisotopic (exact) mass is 392 g/mol. The molecular weight excluding hydrogens is 364 g/mol. The van der Waals surface area contributed by atoms with Gasteiger partial charge in [0.05, 0.1) is 6.54 Å². The van der Waals surface area contributed by atoms with Crippen LogP contribution >= 0.6 is 0 Å². The van der Waals surface area contributed by atoms with Gasteiger partial charge in [-0.25, -0.2) is 0 Å². The molecule has 0 saturated carbocycles. The van der Waals surface area contributed by atoms with Gasteiger partial charge in [-0.3, -0.25) is 19.3 Å². The smallest absolute Gasteiger partial charge is 0.229 e. The highest BCUT2D eigenvalue weighted by Crippen LogP contribution is 2.22. The van der Waals surface area contributed by atoms with Crippen LogP contribution in [0.1, 0.15) is 56.7 Å². The molecule has 2 aromatic carbocycles. The van der Waals surface area contributed by atoms with E-state index in [9.17, 15) is 14.4 Å². The normalized spacial score (nSPS) is 14.4. The molecule has 29 heavy (non-hydrogen) atoms. The van der Waals surface area contributed by atoms with E-state index in [-0.39, 0.29) is 29.7 Å². The van der Waals surface area contributed by atoms with Crippen LogP contribution in [0.4, 0.5) is 5.69 Å². The first-order valence-electron chi connectivity index (χ1n) is 10.0. The van der Waals surface area contributed by atoms with E-state index in [2.05, 4.69) is 50.4 Å². The molecule has 5 heteroatoms. The second-order valence-corrected chi connectivity index (χ2v) is 8.57. The summed E-state index contributed by atoms with van der Waals surface area (Å²) in [6.07, 6.45) is 1.69. The molecule has 0 spiro atoms. The van der Waals surface area contributed by atoms with Crippen molar-refractivity contribution in [3.8, 4) is 0 Å². The van der Waals surface area contributed by atoms with Gasteiger partial charge in [0.15, 0.2) is 0 Å². The van der Waals surface area contributed by atoms with E-state index in [0.29, 0.717) is 31.4 Å². The van der Waals surface area contributed by atoms with E-state index < -0.39 is 0 Å². The minimum atomic E-state index is -0.122. The molecule has 1 saturated heterocycles. The van der Waals surface area contributed by atoms with Gasteiger partial charge >= 0.3 is 0 Å². The van der Waals surface area contributed by atoms with Crippen molar-refractivity contribution in [1.82, 2.24) is 4.90 Å². The summed E-state index contributed by atoms with van der Waals surface area (Å²) >= 11 is 0. The molecular formula is C24H28N2O3. The van der Waals surface area contributed by atoms with Crippen LogP contribution in [0.5, 0.6) is 0 Å². The highest BCUT2D eigenvalue weighted by molar-refractivity contribution is 6.01. The van der Waals surface area contributed by atoms with Crippen LogP contribution in [-0.4, -0.2) is 22.6 Å². The van der Waals surface area contributed by atoms with Crippen LogP contribution in [0.2, 0.25) is 0 Å². The molecule has 152 valence electrons. The first kappa shape index (κ1) is 20.8. The number of hydrogen-bond donors (Lipinski definition) is 1. The number of rotatable bonds is 6. The Morgan fingerprint density at radius 3 is 2.00 bits per heavy atom. The topological polar surface area (TPSA) is 66.5 Å². The second-order valence-electron chi connectivity index (χ2n) is 8.57. The fraction of sp³-hybridized carbons (Fsp3) is 0.375. The third-order valence-corrected chi connectivity index (χ3v) is 5.19. The van der Waals surface area contributed by atoms with Gasteiger partial charge in [-0.2, -0.15) is 0 Å². The van der Waals surface area contributed by atoms with Crippen molar-refractivity contribution in [3.63, 3.8) is 0 Å². The summed E-state index contributed by atoms with van der Waals surface area (Å²) in [4.78, 5) is 37.0. The van der Waals surface area contributed by atoms with Crippen LogP contribution in [-0.2, 0) is 32.8 Å². The number of benzene rings is 2. The van der Waals surface area contributed by atoms with Gasteiger partial charge in [-0.15, -0.1) is 0 Å². The lowest BCUT2D eigenvalue weighted by molar-refractivity contribution is -0.139. The Morgan fingerprint density at radius 2 is 1.45 bits per heavy atom. The summed E-state index contributed by atoms with van der Waals surface area (Å²) in [6, 6.07) is 15.7. The van der Waals surface area contributed by atoms with E-state index in [1.807, 2.05) is 12.1 Å². The molecule has 0 bridgehead atoms. The van der Waals surface area contributed by atoms with Crippen molar-refractivity contribution in [3.05, 3.63) is 65.2 Å². The molecule has 0 unspecified atom stereocenters. The van der Waals surface area contributed by atoms with Gasteiger partial charge in [0, 0.05) is 24.9 Å². The van der Waals surface area contributed by atoms with Crippen molar-refractivity contribution < 1.29 is 14.4 Å². The molecule has 1 N–H and O–H groups in total. The van der Waals surface area contributed by atoms with Crippen LogP contribution in [0, 0.1) is 0 Å². The van der Waals surface area contributed by atoms with E-state index in [4.69, 9.17) is 0 Å². The Labute approximate surface area is 172 Å². The van der Waals surface area contributed by atoms with E-state index >= 15 is 0 Å². The van der Waals surface area contributed by atoms with Crippen LogP contribution in [0.15, 0.2) is 48.5 Å². The number of hydrogen-bond acceptors (Lipinski definition) is 3. The fourth-order valence-electron chi connectivity index (χ4n) is 3.33. The zero-order valence-corrected chi connectivity index (χ0v) is 17.3. The lowest BCUT2D eigenvalue weighted by atomic mass is 9.86. The number of likely N-dealkylation sites (tertiary alicyclic amines) is 1. The number of carbonyl (C=O) groups excluding carboxylic acids is 3. The van der Waals surface area contributed by atoms with E-state index in [0.717, 1.165) is 11.1 Å². The third-order valence-electron chi connectivity index (χ3n) is 5.19. The van der Waals surface area contributed by atoms with Gasteiger partial charge < -0.3 is 5.32 Å². The Hall–Kier alpha value is -2.95. The Morgan fingerprint density at radius 1 is 0.897 bits per heavy atom. The number of amides is 3. The number of nitrogens with one attached hydrogen (secondary N) is 1. The Bertz CT molecular complexity index is 877. The van der Waals surface area contributed by atoms with Gasteiger partial charge in [0.1, 0.15) is 0 Å². The summed E-state index contributed by atoms with van der Waals surface area (Å²) in [5.74, 6) is -0.284. The summed E-state index contributed by atoms with van der Waals surface area (Å²) in [7, 11) is 0. The molecule has 0 aromatic heterocycles. The van der Waals surface area contributed by atoms with Gasteiger partial charge in [0.25, 0.3) is 0 Å². The van der Waals surface area contributed by atoms with Crippen LogP contribution in [0.3, 0.4) is 0 Å². The number of imide groups is 1. The molecule has 2 aromatic rings. The minimum absolute atomic E-state index is 0.0393. The van der Waals surface area contributed by atoms with Gasteiger partial charge in [-0.1, -0.05) is 57.2 Å². The maximum atomic E-state index is 12.3. The van der Waals surface area contributed by atoms with Gasteiger partial charge in [-0.05, 0) is 40.7 Å². The fourth-order valence-corrected chi connectivity index (χ4v) is 3.33. The summed E-state index contributed by atoms with van der Waals surface area (Å²) in [5.41, 5.74) is 4.12. The molecule has 3 amide bonds. The first-order valence-corrected chi connectivity index (χ1v) is 10.0. The van der Waals surface area contributed by atoms with Crippen molar-refractivity contribution >= 4 is 23.4 Å². The predicted octanol–water partition coefficient (Wildman–Crippen LogP) is 4.20. The maximum absolute atomic E-state index is 12.3. The van der Waals surface area contributed by atoms with Crippen molar-refractivity contribution in [2.45, 2.75) is 58.4 Å². The summed E-state index contributed by atoms with van der Waals surface area (Å²) in [5, 5.41) is 2.90. The van der Waals surface area contributed by atoms with Crippen LogP contribution in [0.25, 0.3) is 0 Å². The predicted molar refractivity (Wildman–Crippen MR) is 113 cm³/mol. The first-order chi connectivity index (χ1) is 13.7. The number of carbonyl (C=O) groups is 3. The molecule has 1 aliphatic rings. The molecule has 0 atom stereocenters. The molecule has 5 nitrogen and oxygen atoms in total. The average Bonchev–Trinajstić information content (AvgIpc) is 2.99. The highest BCUT2D eigenvalue weighted by Gasteiger charge is 2.28. The number of nitrogens with zero attached hydrogens (tertiary/aromatic N) is 1. The molecule has 0 radical (unpaired) electrons. The molecule has 1 heterocycles. The quantitative estimate of drug-likeness (QED) is 0.749. The van der Waals surface area contributed by atoms with Crippen molar-refractivity contribution in [2.24, 2.45) is 0 Å². The maximum Gasteiger partial charge on any atom is 0.229 e. The Balaban J connectivity index is 1.49. The second kappa shape index (κ2) is 8.60. The zero-order valence-electron chi connectivity index (χ0n) is 17.3. The third kappa shape index (κ3) is 5.53. The highest BCUT2D eigenvalue weighted by atomic mass is 16.2. The van der Waals surface area contributed by atoms with E-state index in [1.165, 1.54) is 10.5 Å². The lowest BCUT2D eigenvalue weighted by Crippen LogP contribution is -2.28. The standard InChI is InChI=1S/C24H28N2O3/c1-24(2,3)19-9-4-17(5-10-19)8-13-21(27)25-20-11-6-18(7-12-20)16-26-22(28)14-15-23(26)29/h4-7,9-12H,8,13-16H2,1-3H3,(H,25,27). The summed E-state index contributed by atoms with van der Waals surface area (Å²) < 4.78 is 0. The average molecular weight is 392 g/mol. The number of aryl methyl sites for hydroxylation is 1. The zero-order chi connectivity index (χ0) is 21.0. The molecule has 3 rings (SSSR count). The molecule has 0 aliphatic carbocycles. The summed E-state index contributed by atoms with van der Waals surface area (Å²) in [6.45, 7) is 6.83. The van der Waals surface area contributed by atoms with E-state index in [1.54, 1.807) is 12.1 Å². The molecule has 1 fully saturated rings. The number of anilines is 1.